The highest BCUT2D eigenvalue weighted by Gasteiger charge is 2.22. The molecule has 1 saturated heterocycles. The van der Waals surface area contributed by atoms with Gasteiger partial charge in [0.15, 0.2) is 0 Å². The molecular weight excluding hydrogens is 287 g/mol. The summed E-state index contributed by atoms with van der Waals surface area (Å²) >= 11 is 0. The van der Waals surface area contributed by atoms with Gasteiger partial charge in [-0.15, -0.1) is 0 Å². The number of hydrogen-bond donors (Lipinski definition) is 1. The average molecular weight is 310 g/mol. The summed E-state index contributed by atoms with van der Waals surface area (Å²) in [5.41, 5.74) is 0.894. The molecule has 1 aromatic rings. The van der Waals surface area contributed by atoms with E-state index in [-0.39, 0.29) is 24.4 Å². The van der Waals surface area contributed by atoms with Crippen molar-refractivity contribution in [1.29, 1.82) is 0 Å². The Balaban J connectivity index is 2.02. The lowest BCUT2D eigenvalue weighted by atomic mass is 10.1. The lowest BCUT2D eigenvalue weighted by molar-refractivity contribution is 0.0602. The summed E-state index contributed by atoms with van der Waals surface area (Å²) in [6.07, 6.45) is 0. The number of piperazine rings is 1. The average Bonchev–Trinajstić information content (AvgIpc) is 2.52. The number of halogens is 1. The van der Waals surface area contributed by atoms with Crippen LogP contribution in [0.2, 0.25) is 0 Å². The van der Waals surface area contributed by atoms with Gasteiger partial charge in [-0.25, -0.2) is 4.39 Å². The quantitative estimate of drug-likeness (QED) is 0.808. The zero-order valence-electron chi connectivity index (χ0n) is 13.1. The van der Waals surface area contributed by atoms with Crippen molar-refractivity contribution < 1.29 is 18.7 Å². The van der Waals surface area contributed by atoms with Crippen LogP contribution in [0.4, 0.5) is 4.39 Å². The van der Waals surface area contributed by atoms with Crippen LogP contribution in [-0.2, 0) is 16.1 Å². The maximum atomic E-state index is 13.8. The topological polar surface area (TPSA) is 50.8 Å². The van der Waals surface area contributed by atoms with Crippen molar-refractivity contribution in [3.05, 3.63) is 35.1 Å². The van der Waals surface area contributed by atoms with Crippen LogP contribution in [0.5, 0.6) is 0 Å². The van der Waals surface area contributed by atoms with Gasteiger partial charge in [0.05, 0.1) is 19.8 Å². The van der Waals surface area contributed by atoms with E-state index in [1.807, 2.05) is 6.92 Å². The maximum absolute atomic E-state index is 13.8. The highest BCUT2D eigenvalue weighted by molar-refractivity contribution is 5.94. The third kappa shape index (κ3) is 4.50. The molecule has 1 fully saturated rings. The van der Waals surface area contributed by atoms with Gasteiger partial charge in [-0.05, 0) is 25.1 Å². The summed E-state index contributed by atoms with van der Waals surface area (Å²) < 4.78 is 24.0. The Labute approximate surface area is 130 Å². The first-order valence-corrected chi connectivity index (χ1v) is 7.49. The standard InChI is InChI=1S/C16H23FN2O3/c1-12-10-19(6-5-18-12)16(20)13-3-4-15(17)14(9-13)11-22-8-7-21-2/h3-4,9,12,18H,5-8,10-11H2,1-2H3. The fourth-order valence-corrected chi connectivity index (χ4v) is 2.44. The zero-order valence-corrected chi connectivity index (χ0v) is 13.1. The molecule has 1 aliphatic heterocycles. The minimum Gasteiger partial charge on any atom is -0.382 e. The molecular formula is C16H23FN2O3. The highest BCUT2D eigenvalue weighted by atomic mass is 19.1. The number of rotatable bonds is 6. The van der Waals surface area contributed by atoms with E-state index in [9.17, 15) is 9.18 Å². The predicted molar refractivity (Wildman–Crippen MR) is 81.3 cm³/mol. The lowest BCUT2D eigenvalue weighted by Crippen LogP contribution is -2.51. The largest absolute Gasteiger partial charge is 0.382 e. The Kier molecular flexibility index (Phi) is 6.30. The number of nitrogens with one attached hydrogen (secondary N) is 1. The molecule has 1 N–H and O–H groups in total. The van der Waals surface area contributed by atoms with E-state index in [4.69, 9.17) is 9.47 Å². The van der Waals surface area contributed by atoms with Gasteiger partial charge in [0.1, 0.15) is 5.82 Å². The molecule has 1 aliphatic rings. The van der Waals surface area contributed by atoms with Crippen LogP contribution in [0.1, 0.15) is 22.8 Å². The molecule has 122 valence electrons. The van der Waals surface area contributed by atoms with Gasteiger partial charge in [-0.2, -0.15) is 0 Å². The number of hydrogen-bond acceptors (Lipinski definition) is 4. The van der Waals surface area contributed by atoms with E-state index in [0.29, 0.717) is 37.4 Å². The van der Waals surface area contributed by atoms with Gasteiger partial charge in [0, 0.05) is 43.9 Å². The second-order valence-corrected chi connectivity index (χ2v) is 5.46. The molecule has 22 heavy (non-hydrogen) atoms. The SMILES string of the molecule is COCCOCc1cc(C(=O)N2CCNC(C)C2)ccc1F. The molecule has 0 radical (unpaired) electrons. The number of carbonyl (C=O) groups excluding carboxylic acids is 1. The van der Waals surface area contributed by atoms with Crippen molar-refractivity contribution >= 4 is 5.91 Å². The summed E-state index contributed by atoms with van der Waals surface area (Å²) in [7, 11) is 1.58. The summed E-state index contributed by atoms with van der Waals surface area (Å²) in [6, 6.07) is 4.71. The van der Waals surface area contributed by atoms with Gasteiger partial charge in [0.2, 0.25) is 0 Å². The smallest absolute Gasteiger partial charge is 0.253 e. The number of methoxy groups -OCH3 is 1. The summed E-state index contributed by atoms with van der Waals surface area (Å²) in [5.74, 6) is -0.422. The second-order valence-electron chi connectivity index (χ2n) is 5.46. The maximum Gasteiger partial charge on any atom is 0.253 e. The number of nitrogens with zero attached hydrogens (tertiary/aromatic N) is 1. The molecule has 1 aromatic carbocycles. The number of ether oxygens (including phenoxy) is 2. The first kappa shape index (κ1) is 16.9. The first-order valence-electron chi connectivity index (χ1n) is 7.49. The molecule has 0 saturated carbocycles. The van der Waals surface area contributed by atoms with E-state index < -0.39 is 0 Å². The first-order chi connectivity index (χ1) is 10.6. The van der Waals surface area contributed by atoms with Gasteiger partial charge in [0.25, 0.3) is 5.91 Å². The Morgan fingerprint density at radius 1 is 1.45 bits per heavy atom. The van der Waals surface area contributed by atoms with E-state index in [1.165, 1.54) is 12.1 Å². The molecule has 0 bridgehead atoms. The van der Waals surface area contributed by atoms with Crippen LogP contribution in [0.25, 0.3) is 0 Å². The summed E-state index contributed by atoms with van der Waals surface area (Å²) in [4.78, 5) is 14.3. The van der Waals surface area contributed by atoms with Crippen molar-refractivity contribution in [2.45, 2.75) is 19.6 Å². The molecule has 2 rings (SSSR count). The second kappa shape index (κ2) is 8.22. The highest BCUT2D eigenvalue weighted by Crippen LogP contribution is 2.15. The molecule has 6 heteroatoms. The minimum atomic E-state index is -0.359. The molecule has 1 unspecified atom stereocenters. The molecule has 0 aliphatic carbocycles. The van der Waals surface area contributed by atoms with E-state index in [1.54, 1.807) is 18.1 Å². The van der Waals surface area contributed by atoms with Crippen LogP contribution in [0.15, 0.2) is 18.2 Å². The van der Waals surface area contributed by atoms with Crippen LogP contribution in [0, 0.1) is 5.82 Å². The predicted octanol–water partition coefficient (Wildman–Crippen LogP) is 1.42. The van der Waals surface area contributed by atoms with Crippen molar-refractivity contribution in [3.63, 3.8) is 0 Å². The van der Waals surface area contributed by atoms with Gasteiger partial charge < -0.3 is 19.7 Å². The third-order valence-electron chi connectivity index (χ3n) is 3.64. The Morgan fingerprint density at radius 2 is 2.27 bits per heavy atom. The Morgan fingerprint density at radius 3 is 3.00 bits per heavy atom. The number of benzene rings is 1. The normalized spacial score (nSPS) is 18.5. The lowest BCUT2D eigenvalue weighted by Gasteiger charge is -2.32. The van der Waals surface area contributed by atoms with Crippen molar-refractivity contribution in [2.75, 3.05) is 40.0 Å². The van der Waals surface area contributed by atoms with Crippen LogP contribution >= 0.6 is 0 Å². The van der Waals surface area contributed by atoms with Gasteiger partial charge in [-0.3, -0.25) is 4.79 Å². The minimum absolute atomic E-state index is 0.0634. The molecule has 1 amide bonds. The Bertz CT molecular complexity index is 510. The van der Waals surface area contributed by atoms with E-state index in [0.717, 1.165) is 6.54 Å². The van der Waals surface area contributed by atoms with Crippen molar-refractivity contribution in [1.82, 2.24) is 10.2 Å². The van der Waals surface area contributed by atoms with E-state index in [2.05, 4.69) is 5.32 Å². The summed E-state index contributed by atoms with van der Waals surface area (Å²) in [6.45, 7) is 5.13. The fourth-order valence-electron chi connectivity index (χ4n) is 2.44. The molecule has 0 aromatic heterocycles. The fraction of sp³-hybridized carbons (Fsp3) is 0.562. The Hall–Kier alpha value is -1.50. The molecule has 1 heterocycles. The number of carbonyl (C=O) groups is 1. The third-order valence-corrected chi connectivity index (χ3v) is 3.64. The van der Waals surface area contributed by atoms with Crippen molar-refractivity contribution in [2.24, 2.45) is 0 Å². The van der Waals surface area contributed by atoms with Crippen molar-refractivity contribution in [3.8, 4) is 0 Å². The monoisotopic (exact) mass is 310 g/mol. The zero-order chi connectivity index (χ0) is 15.9. The van der Waals surface area contributed by atoms with Crippen LogP contribution in [0.3, 0.4) is 0 Å². The molecule has 5 nitrogen and oxygen atoms in total. The molecule has 0 spiro atoms. The number of amides is 1. The molecule has 1 atom stereocenters. The van der Waals surface area contributed by atoms with Crippen LogP contribution in [-0.4, -0.2) is 56.8 Å². The summed E-state index contributed by atoms with van der Waals surface area (Å²) in [5, 5.41) is 3.29. The van der Waals surface area contributed by atoms with E-state index >= 15 is 0 Å². The van der Waals surface area contributed by atoms with Crippen LogP contribution < -0.4 is 5.32 Å². The van der Waals surface area contributed by atoms with Gasteiger partial charge >= 0.3 is 0 Å². The van der Waals surface area contributed by atoms with Gasteiger partial charge in [-0.1, -0.05) is 0 Å².